The van der Waals surface area contributed by atoms with E-state index in [2.05, 4.69) is 14.9 Å². The predicted molar refractivity (Wildman–Crippen MR) is 106 cm³/mol. The fourth-order valence-corrected chi connectivity index (χ4v) is 4.73. The molecule has 2 aromatic heterocycles. The Labute approximate surface area is 167 Å². The van der Waals surface area contributed by atoms with Gasteiger partial charge in [0.1, 0.15) is 13.2 Å². The number of nitrogens with one attached hydrogen (secondary N) is 1. The van der Waals surface area contributed by atoms with Crippen LogP contribution in [0.25, 0.3) is 5.65 Å². The summed E-state index contributed by atoms with van der Waals surface area (Å²) in [5, 5.41) is 8.37. The SMILES string of the molecule is CSCC[C@H](NS(=O)(=O)c1ccc2c(c1)OCCO2)c1nnc2ccccn12. The summed E-state index contributed by atoms with van der Waals surface area (Å²) < 4.78 is 41.7. The van der Waals surface area contributed by atoms with Gasteiger partial charge in [0.15, 0.2) is 23.0 Å². The second-order valence-electron chi connectivity index (χ2n) is 6.25. The van der Waals surface area contributed by atoms with Gasteiger partial charge in [0.05, 0.1) is 10.9 Å². The fourth-order valence-electron chi connectivity index (χ4n) is 3.02. The monoisotopic (exact) mass is 420 g/mol. The van der Waals surface area contributed by atoms with Gasteiger partial charge in [-0.1, -0.05) is 6.07 Å². The van der Waals surface area contributed by atoms with Crippen molar-refractivity contribution in [1.82, 2.24) is 19.3 Å². The molecule has 0 spiro atoms. The van der Waals surface area contributed by atoms with E-state index in [-0.39, 0.29) is 4.90 Å². The number of pyridine rings is 1. The molecule has 1 atom stereocenters. The highest BCUT2D eigenvalue weighted by atomic mass is 32.2. The molecule has 3 heterocycles. The first-order valence-corrected chi connectivity index (χ1v) is 11.7. The van der Waals surface area contributed by atoms with Crippen LogP contribution in [0.4, 0.5) is 0 Å². The van der Waals surface area contributed by atoms with Crippen LogP contribution in [-0.4, -0.2) is 48.2 Å². The third-order valence-corrected chi connectivity index (χ3v) is 6.50. The van der Waals surface area contributed by atoms with Crippen molar-refractivity contribution in [2.75, 3.05) is 25.2 Å². The minimum Gasteiger partial charge on any atom is -0.486 e. The first-order valence-electron chi connectivity index (χ1n) is 8.79. The van der Waals surface area contributed by atoms with E-state index in [0.717, 1.165) is 5.75 Å². The molecular formula is C18H20N4O4S2. The Kier molecular flexibility index (Phi) is 5.42. The van der Waals surface area contributed by atoms with E-state index in [4.69, 9.17) is 9.47 Å². The molecule has 1 N–H and O–H groups in total. The molecule has 3 aromatic rings. The number of hydrogen-bond acceptors (Lipinski definition) is 7. The lowest BCUT2D eigenvalue weighted by Gasteiger charge is -2.20. The highest BCUT2D eigenvalue weighted by Crippen LogP contribution is 2.32. The van der Waals surface area contributed by atoms with Crippen LogP contribution >= 0.6 is 11.8 Å². The van der Waals surface area contributed by atoms with E-state index in [1.54, 1.807) is 22.2 Å². The van der Waals surface area contributed by atoms with E-state index < -0.39 is 16.1 Å². The quantitative estimate of drug-likeness (QED) is 0.626. The van der Waals surface area contributed by atoms with Crippen molar-refractivity contribution in [2.24, 2.45) is 0 Å². The summed E-state index contributed by atoms with van der Waals surface area (Å²) in [6.45, 7) is 0.847. The smallest absolute Gasteiger partial charge is 0.241 e. The van der Waals surface area contributed by atoms with E-state index >= 15 is 0 Å². The summed E-state index contributed by atoms with van der Waals surface area (Å²) >= 11 is 1.64. The zero-order valence-electron chi connectivity index (χ0n) is 15.2. The zero-order chi connectivity index (χ0) is 19.6. The van der Waals surface area contributed by atoms with Crippen molar-refractivity contribution in [2.45, 2.75) is 17.4 Å². The molecule has 0 aliphatic carbocycles. The lowest BCUT2D eigenvalue weighted by molar-refractivity contribution is 0.171. The molecule has 0 bridgehead atoms. The standard InChI is InChI=1S/C18H20N4O4S2/c1-27-11-7-14(18-20-19-17-4-2-3-8-22(17)18)21-28(23,24)13-5-6-15-16(12-13)26-10-9-25-15/h2-6,8,12,14,21H,7,9-11H2,1H3/t14-/m0/s1. The molecule has 28 heavy (non-hydrogen) atoms. The second kappa shape index (κ2) is 7.98. The van der Waals surface area contributed by atoms with Crippen molar-refractivity contribution in [3.8, 4) is 11.5 Å². The highest BCUT2D eigenvalue weighted by molar-refractivity contribution is 7.98. The van der Waals surface area contributed by atoms with Crippen LogP contribution in [-0.2, 0) is 10.0 Å². The number of rotatable bonds is 7. The van der Waals surface area contributed by atoms with Crippen LogP contribution in [0.1, 0.15) is 18.3 Å². The van der Waals surface area contributed by atoms with Crippen LogP contribution in [0, 0.1) is 0 Å². The summed E-state index contributed by atoms with van der Waals surface area (Å²) in [5.74, 6) is 2.32. The molecule has 0 fully saturated rings. The molecule has 10 heteroatoms. The lowest BCUT2D eigenvalue weighted by Crippen LogP contribution is -2.30. The molecule has 1 aromatic carbocycles. The molecule has 8 nitrogen and oxygen atoms in total. The van der Waals surface area contributed by atoms with Crippen LogP contribution in [0.15, 0.2) is 47.5 Å². The molecule has 0 radical (unpaired) electrons. The average Bonchev–Trinajstić information content (AvgIpc) is 3.15. The maximum Gasteiger partial charge on any atom is 0.241 e. The number of ether oxygens (including phenoxy) is 2. The number of thioether (sulfide) groups is 1. The minimum atomic E-state index is -3.79. The molecular weight excluding hydrogens is 400 g/mol. The summed E-state index contributed by atoms with van der Waals surface area (Å²) in [6.07, 6.45) is 4.39. The van der Waals surface area contributed by atoms with E-state index in [0.29, 0.717) is 42.6 Å². The molecule has 148 valence electrons. The summed E-state index contributed by atoms with van der Waals surface area (Å²) in [6, 6.07) is 9.67. The third kappa shape index (κ3) is 3.80. The van der Waals surface area contributed by atoms with Crippen molar-refractivity contribution in [1.29, 1.82) is 0 Å². The Bertz CT molecular complexity index is 1080. The Hall–Kier alpha value is -2.30. The normalized spacial score (nSPS) is 14.9. The van der Waals surface area contributed by atoms with Crippen molar-refractivity contribution in [3.63, 3.8) is 0 Å². The van der Waals surface area contributed by atoms with Crippen molar-refractivity contribution >= 4 is 27.4 Å². The van der Waals surface area contributed by atoms with Gasteiger partial charge in [0.25, 0.3) is 0 Å². The van der Waals surface area contributed by atoms with Crippen LogP contribution in [0.3, 0.4) is 0 Å². The van der Waals surface area contributed by atoms with Gasteiger partial charge in [-0.25, -0.2) is 13.1 Å². The predicted octanol–water partition coefficient (Wildman–Crippen LogP) is 2.27. The van der Waals surface area contributed by atoms with Crippen molar-refractivity contribution < 1.29 is 17.9 Å². The third-order valence-electron chi connectivity index (χ3n) is 4.38. The van der Waals surface area contributed by atoms with Crippen LogP contribution in [0.5, 0.6) is 11.5 Å². The van der Waals surface area contributed by atoms with Gasteiger partial charge in [-0.3, -0.25) is 4.40 Å². The van der Waals surface area contributed by atoms with Gasteiger partial charge in [-0.05, 0) is 42.7 Å². The summed E-state index contributed by atoms with van der Waals surface area (Å²) in [5.41, 5.74) is 0.671. The number of benzene rings is 1. The first kappa shape index (κ1) is 19.0. The fraction of sp³-hybridized carbons (Fsp3) is 0.333. The molecule has 0 amide bonds. The van der Waals surface area contributed by atoms with Crippen LogP contribution in [0.2, 0.25) is 0 Å². The van der Waals surface area contributed by atoms with Crippen LogP contribution < -0.4 is 14.2 Å². The molecule has 0 unspecified atom stereocenters. The van der Waals surface area contributed by atoms with Crippen molar-refractivity contribution in [3.05, 3.63) is 48.4 Å². The molecule has 1 aliphatic heterocycles. The average molecular weight is 421 g/mol. The zero-order valence-corrected chi connectivity index (χ0v) is 16.9. The van der Waals surface area contributed by atoms with Gasteiger partial charge in [-0.2, -0.15) is 11.8 Å². The summed E-state index contributed by atoms with van der Waals surface area (Å²) in [7, 11) is -3.79. The Morgan fingerprint density at radius 3 is 2.82 bits per heavy atom. The van der Waals surface area contributed by atoms with Gasteiger partial charge in [0, 0.05) is 12.3 Å². The van der Waals surface area contributed by atoms with E-state index in [1.807, 2.05) is 30.7 Å². The van der Waals surface area contributed by atoms with Gasteiger partial charge < -0.3 is 9.47 Å². The number of nitrogens with zero attached hydrogens (tertiary/aromatic N) is 3. The Morgan fingerprint density at radius 2 is 2.00 bits per heavy atom. The number of fused-ring (bicyclic) bond motifs is 2. The Morgan fingerprint density at radius 1 is 1.18 bits per heavy atom. The molecule has 0 saturated heterocycles. The number of aromatic nitrogens is 3. The molecule has 4 rings (SSSR count). The maximum atomic E-state index is 13.1. The minimum absolute atomic E-state index is 0.125. The van der Waals surface area contributed by atoms with Gasteiger partial charge >= 0.3 is 0 Å². The largest absolute Gasteiger partial charge is 0.486 e. The summed E-state index contributed by atoms with van der Waals surface area (Å²) in [4.78, 5) is 0.125. The topological polar surface area (TPSA) is 94.8 Å². The molecule has 0 saturated carbocycles. The van der Waals surface area contributed by atoms with Gasteiger partial charge in [-0.15, -0.1) is 10.2 Å². The first-order chi connectivity index (χ1) is 13.6. The number of hydrogen-bond donors (Lipinski definition) is 1. The number of sulfonamides is 1. The lowest BCUT2D eigenvalue weighted by atomic mass is 10.2. The molecule has 1 aliphatic rings. The van der Waals surface area contributed by atoms with Gasteiger partial charge in [0.2, 0.25) is 10.0 Å². The maximum absolute atomic E-state index is 13.1. The second-order valence-corrected chi connectivity index (χ2v) is 8.95. The van der Waals surface area contributed by atoms with E-state index in [1.165, 1.54) is 12.1 Å². The Balaban J connectivity index is 1.66. The van der Waals surface area contributed by atoms with E-state index in [9.17, 15) is 8.42 Å². The highest BCUT2D eigenvalue weighted by Gasteiger charge is 2.26.